The van der Waals surface area contributed by atoms with Crippen LogP contribution < -0.4 is 4.74 Å². The number of halogens is 3. The predicted octanol–water partition coefficient (Wildman–Crippen LogP) is 2.43. The summed E-state index contributed by atoms with van der Waals surface area (Å²) < 4.78 is 41.9. The Morgan fingerprint density at radius 1 is 1.27 bits per heavy atom. The maximum Gasteiger partial charge on any atom is 0.425 e. The molecule has 0 aliphatic carbocycles. The van der Waals surface area contributed by atoms with Crippen LogP contribution in [0, 0.1) is 0 Å². The van der Waals surface area contributed by atoms with E-state index in [4.69, 9.17) is 4.74 Å². The van der Waals surface area contributed by atoms with E-state index in [1.54, 1.807) is 18.2 Å². The first-order valence-corrected chi connectivity index (χ1v) is 4.49. The van der Waals surface area contributed by atoms with Crippen LogP contribution in [-0.2, 0) is 0 Å². The molecule has 2 atom stereocenters. The first kappa shape index (κ1) is 10.3. The summed E-state index contributed by atoms with van der Waals surface area (Å²) in [6, 6.07) is 6.21. The number of hydrogen-bond acceptors (Lipinski definition) is 2. The van der Waals surface area contributed by atoms with Crippen molar-refractivity contribution in [1.82, 2.24) is 0 Å². The standard InChI is InChI=1S/C10H9F3O2/c11-10(12,13)9-5-7(14)6-3-1-2-4-8(6)15-9/h1-4,7,9,14H,5H2/t7-,9-/m0/s1. The van der Waals surface area contributed by atoms with Crippen LogP contribution >= 0.6 is 0 Å². The van der Waals surface area contributed by atoms with Crippen molar-refractivity contribution < 1.29 is 23.0 Å². The van der Waals surface area contributed by atoms with Crippen molar-refractivity contribution in [2.75, 3.05) is 0 Å². The second-order valence-electron chi connectivity index (χ2n) is 3.44. The highest BCUT2D eigenvalue weighted by atomic mass is 19.4. The zero-order chi connectivity index (χ0) is 11.1. The van der Waals surface area contributed by atoms with Gasteiger partial charge in [0.2, 0.25) is 0 Å². The molecule has 0 spiro atoms. The Morgan fingerprint density at radius 2 is 1.93 bits per heavy atom. The summed E-state index contributed by atoms with van der Waals surface area (Å²) in [5.41, 5.74) is 0.415. The predicted molar refractivity (Wildman–Crippen MR) is 46.5 cm³/mol. The quantitative estimate of drug-likeness (QED) is 0.724. The van der Waals surface area contributed by atoms with Gasteiger partial charge in [0.15, 0.2) is 6.10 Å². The van der Waals surface area contributed by atoms with Crippen LogP contribution in [0.3, 0.4) is 0 Å². The Balaban J connectivity index is 2.30. The Labute approximate surface area is 84.3 Å². The molecular formula is C10H9F3O2. The average Bonchev–Trinajstić information content (AvgIpc) is 2.16. The number of fused-ring (bicyclic) bond motifs is 1. The highest BCUT2D eigenvalue weighted by Gasteiger charge is 2.45. The molecule has 1 aromatic rings. The molecule has 0 amide bonds. The summed E-state index contributed by atoms with van der Waals surface area (Å²) in [5.74, 6) is 0.110. The average molecular weight is 218 g/mol. The Bertz CT molecular complexity index is 362. The van der Waals surface area contributed by atoms with Gasteiger partial charge in [-0.3, -0.25) is 0 Å². The second-order valence-corrected chi connectivity index (χ2v) is 3.44. The van der Waals surface area contributed by atoms with Gasteiger partial charge in [0.05, 0.1) is 6.10 Å². The van der Waals surface area contributed by atoms with E-state index in [1.807, 2.05) is 0 Å². The maximum absolute atomic E-state index is 12.4. The summed E-state index contributed by atoms with van der Waals surface area (Å²) in [6.45, 7) is 0. The van der Waals surface area contributed by atoms with Crippen molar-refractivity contribution in [1.29, 1.82) is 0 Å². The van der Waals surface area contributed by atoms with Crippen molar-refractivity contribution >= 4 is 0 Å². The van der Waals surface area contributed by atoms with E-state index in [2.05, 4.69) is 0 Å². The van der Waals surface area contributed by atoms with E-state index in [-0.39, 0.29) is 5.75 Å². The maximum atomic E-state index is 12.4. The van der Waals surface area contributed by atoms with Crippen LogP contribution in [0.15, 0.2) is 24.3 Å². The zero-order valence-corrected chi connectivity index (χ0v) is 7.66. The second kappa shape index (κ2) is 3.41. The van der Waals surface area contributed by atoms with Gasteiger partial charge in [-0.1, -0.05) is 18.2 Å². The highest BCUT2D eigenvalue weighted by Crippen LogP contribution is 2.39. The molecule has 1 N–H and O–H groups in total. The van der Waals surface area contributed by atoms with E-state index >= 15 is 0 Å². The third kappa shape index (κ3) is 1.92. The minimum atomic E-state index is -4.44. The zero-order valence-electron chi connectivity index (χ0n) is 7.66. The minimum absolute atomic E-state index is 0.110. The molecule has 0 unspecified atom stereocenters. The molecular weight excluding hydrogens is 209 g/mol. The van der Waals surface area contributed by atoms with Crippen LogP contribution in [-0.4, -0.2) is 17.4 Å². The normalized spacial score (nSPS) is 25.6. The summed E-state index contributed by atoms with van der Waals surface area (Å²) >= 11 is 0. The van der Waals surface area contributed by atoms with Gasteiger partial charge >= 0.3 is 6.18 Å². The largest absolute Gasteiger partial charge is 0.480 e. The number of alkyl halides is 3. The molecule has 2 nitrogen and oxygen atoms in total. The number of aliphatic hydroxyl groups excluding tert-OH is 1. The van der Waals surface area contributed by atoms with Crippen molar-refractivity contribution in [3.8, 4) is 5.75 Å². The van der Waals surface area contributed by atoms with Crippen LogP contribution in [0.2, 0.25) is 0 Å². The van der Waals surface area contributed by atoms with Gasteiger partial charge in [-0.25, -0.2) is 0 Å². The van der Waals surface area contributed by atoms with Crippen molar-refractivity contribution in [2.24, 2.45) is 0 Å². The van der Waals surface area contributed by atoms with Gasteiger partial charge in [0.25, 0.3) is 0 Å². The van der Waals surface area contributed by atoms with Crippen LogP contribution in [0.5, 0.6) is 5.75 Å². The molecule has 1 aliphatic rings. The molecule has 5 heteroatoms. The fourth-order valence-corrected chi connectivity index (χ4v) is 1.59. The number of benzene rings is 1. The topological polar surface area (TPSA) is 29.5 Å². The van der Waals surface area contributed by atoms with Crippen molar-refractivity contribution in [2.45, 2.75) is 24.8 Å². The molecule has 1 aliphatic heterocycles. The third-order valence-electron chi connectivity index (χ3n) is 2.35. The van der Waals surface area contributed by atoms with Gasteiger partial charge in [-0.2, -0.15) is 13.2 Å². The number of ether oxygens (including phenoxy) is 1. The van der Waals surface area contributed by atoms with Crippen molar-refractivity contribution in [3.05, 3.63) is 29.8 Å². The SMILES string of the molecule is O[C@H]1C[C@@H](C(F)(F)F)Oc2ccccc21. The lowest BCUT2D eigenvalue weighted by Gasteiger charge is -2.30. The molecule has 0 saturated heterocycles. The molecule has 0 aromatic heterocycles. The number of rotatable bonds is 0. The first-order chi connectivity index (χ1) is 6.98. The van der Waals surface area contributed by atoms with E-state index in [1.165, 1.54) is 6.07 Å². The summed E-state index contributed by atoms with van der Waals surface area (Å²) in [7, 11) is 0. The molecule has 2 rings (SSSR count). The molecule has 82 valence electrons. The van der Waals surface area contributed by atoms with E-state index in [9.17, 15) is 18.3 Å². The molecule has 0 radical (unpaired) electrons. The molecule has 0 bridgehead atoms. The molecule has 15 heavy (non-hydrogen) atoms. The van der Waals surface area contributed by atoms with E-state index < -0.39 is 24.8 Å². The minimum Gasteiger partial charge on any atom is -0.480 e. The van der Waals surface area contributed by atoms with Gasteiger partial charge in [-0.15, -0.1) is 0 Å². The highest BCUT2D eigenvalue weighted by molar-refractivity contribution is 5.37. The molecule has 1 aromatic carbocycles. The molecule has 0 fully saturated rings. The van der Waals surface area contributed by atoms with Crippen LogP contribution in [0.1, 0.15) is 18.1 Å². The number of para-hydroxylation sites is 1. The third-order valence-corrected chi connectivity index (χ3v) is 2.35. The van der Waals surface area contributed by atoms with Gasteiger partial charge in [-0.05, 0) is 6.07 Å². The fraction of sp³-hybridized carbons (Fsp3) is 0.400. The molecule has 0 saturated carbocycles. The van der Waals surface area contributed by atoms with Crippen molar-refractivity contribution in [3.63, 3.8) is 0 Å². The Kier molecular flexibility index (Phi) is 2.34. The van der Waals surface area contributed by atoms with Crippen LogP contribution in [0.4, 0.5) is 13.2 Å². The summed E-state index contributed by atoms with van der Waals surface area (Å²) in [4.78, 5) is 0. The lowest BCUT2D eigenvalue weighted by atomic mass is 9.99. The fourth-order valence-electron chi connectivity index (χ4n) is 1.59. The Morgan fingerprint density at radius 3 is 2.60 bits per heavy atom. The molecule has 1 heterocycles. The lowest BCUT2D eigenvalue weighted by Crippen LogP contribution is -2.38. The van der Waals surface area contributed by atoms with Gasteiger partial charge in [0, 0.05) is 12.0 Å². The first-order valence-electron chi connectivity index (χ1n) is 4.49. The van der Waals surface area contributed by atoms with Crippen LogP contribution in [0.25, 0.3) is 0 Å². The smallest absolute Gasteiger partial charge is 0.425 e. The number of hydrogen-bond donors (Lipinski definition) is 1. The monoisotopic (exact) mass is 218 g/mol. The Hall–Kier alpha value is -1.23. The van der Waals surface area contributed by atoms with E-state index in [0.29, 0.717) is 5.56 Å². The van der Waals surface area contributed by atoms with E-state index in [0.717, 1.165) is 0 Å². The summed E-state index contributed by atoms with van der Waals surface area (Å²) in [5, 5.41) is 9.52. The van der Waals surface area contributed by atoms with Gasteiger partial charge < -0.3 is 9.84 Å². The summed E-state index contributed by atoms with van der Waals surface area (Å²) in [6.07, 6.45) is -7.90. The van der Waals surface area contributed by atoms with Gasteiger partial charge in [0.1, 0.15) is 5.75 Å². The lowest BCUT2D eigenvalue weighted by molar-refractivity contribution is -0.207. The number of aliphatic hydroxyl groups is 1.